The zero-order chi connectivity index (χ0) is 21.4. The Balaban J connectivity index is 1.98. The molecular formula is C21H26N4O2S2. The maximum Gasteiger partial charge on any atom is 0.262 e. The molecule has 0 atom stereocenters. The molecule has 8 heteroatoms. The monoisotopic (exact) mass is 430 g/mol. The minimum absolute atomic E-state index is 0.0482. The maximum atomic E-state index is 13.2. The van der Waals surface area contributed by atoms with E-state index in [4.69, 9.17) is 0 Å². The Labute approximate surface area is 176 Å². The van der Waals surface area contributed by atoms with E-state index >= 15 is 0 Å². The highest BCUT2D eigenvalue weighted by Crippen LogP contribution is 2.30. The first kappa shape index (κ1) is 21.4. The van der Waals surface area contributed by atoms with Gasteiger partial charge in [0.25, 0.3) is 10.0 Å². The van der Waals surface area contributed by atoms with Crippen molar-refractivity contribution in [2.75, 3.05) is 11.0 Å². The summed E-state index contributed by atoms with van der Waals surface area (Å²) < 4.78 is 30.9. The lowest BCUT2D eigenvalue weighted by Gasteiger charge is -2.22. The third-order valence-corrected chi connectivity index (χ3v) is 7.00. The molecule has 0 radical (unpaired) electrons. The molecule has 0 amide bonds. The minimum atomic E-state index is -3.73. The molecule has 29 heavy (non-hydrogen) atoms. The van der Waals surface area contributed by atoms with Gasteiger partial charge in [-0.2, -0.15) is 0 Å². The SMILES string of the molecule is CSc1nncn1-c1cccc(NS(=O)(=O)c2c(C)cc(C(C)(C)C)cc2C)c1. The molecule has 0 fully saturated rings. The average Bonchev–Trinajstić information content (AvgIpc) is 3.08. The molecule has 6 nitrogen and oxygen atoms in total. The largest absolute Gasteiger partial charge is 0.280 e. The minimum Gasteiger partial charge on any atom is -0.280 e. The van der Waals surface area contributed by atoms with Gasteiger partial charge in [-0.15, -0.1) is 10.2 Å². The Morgan fingerprint density at radius 2 is 1.72 bits per heavy atom. The van der Waals surface area contributed by atoms with Crippen LogP contribution in [0.4, 0.5) is 5.69 Å². The summed E-state index contributed by atoms with van der Waals surface area (Å²) in [5, 5.41) is 8.71. The second kappa shape index (κ2) is 7.84. The third kappa shape index (κ3) is 4.48. The molecule has 0 saturated heterocycles. The number of aryl methyl sites for hydroxylation is 2. The van der Waals surface area contributed by atoms with Gasteiger partial charge in [0.05, 0.1) is 16.3 Å². The maximum absolute atomic E-state index is 13.2. The molecule has 1 aromatic heterocycles. The molecule has 2 aromatic carbocycles. The van der Waals surface area contributed by atoms with E-state index < -0.39 is 10.0 Å². The number of thioether (sulfide) groups is 1. The quantitative estimate of drug-likeness (QED) is 0.594. The number of hydrogen-bond acceptors (Lipinski definition) is 5. The number of sulfonamides is 1. The van der Waals surface area contributed by atoms with Gasteiger partial charge >= 0.3 is 0 Å². The fraction of sp³-hybridized carbons (Fsp3) is 0.333. The lowest BCUT2D eigenvalue weighted by Crippen LogP contribution is -2.18. The molecule has 154 valence electrons. The van der Waals surface area contributed by atoms with Crippen LogP contribution in [0.3, 0.4) is 0 Å². The molecule has 0 aliphatic rings. The summed E-state index contributed by atoms with van der Waals surface area (Å²) in [6.07, 6.45) is 3.53. The van der Waals surface area contributed by atoms with Crippen molar-refractivity contribution in [2.24, 2.45) is 0 Å². The molecule has 0 saturated carbocycles. The molecule has 0 aliphatic carbocycles. The molecule has 0 spiro atoms. The van der Waals surface area contributed by atoms with Crippen LogP contribution >= 0.6 is 11.8 Å². The molecule has 0 aliphatic heterocycles. The highest BCUT2D eigenvalue weighted by atomic mass is 32.2. The normalized spacial score (nSPS) is 12.2. The van der Waals surface area contributed by atoms with E-state index in [1.54, 1.807) is 24.5 Å². The summed E-state index contributed by atoms with van der Waals surface area (Å²) >= 11 is 1.47. The van der Waals surface area contributed by atoms with E-state index in [-0.39, 0.29) is 5.41 Å². The predicted octanol–water partition coefficient (Wildman–Crippen LogP) is 4.70. The van der Waals surface area contributed by atoms with Crippen LogP contribution in [-0.4, -0.2) is 29.4 Å². The van der Waals surface area contributed by atoms with Crippen LogP contribution in [0.5, 0.6) is 0 Å². The van der Waals surface area contributed by atoms with Crippen molar-refractivity contribution in [1.82, 2.24) is 14.8 Å². The lowest BCUT2D eigenvalue weighted by atomic mass is 9.85. The van der Waals surface area contributed by atoms with Gasteiger partial charge in [0.1, 0.15) is 6.33 Å². The number of aromatic nitrogens is 3. The first-order chi connectivity index (χ1) is 13.5. The van der Waals surface area contributed by atoms with E-state index in [0.717, 1.165) is 27.5 Å². The van der Waals surface area contributed by atoms with E-state index in [9.17, 15) is 8.42 Å². The second-order valence-electron chi connectivity index (χ2n) is 8.03. The molecule has 1 heterocycles. The van der Waals surface area contributed by atoms with Crippen LogP contribution in [0.2, 0.25) is 0 Å². The Morgan fingerprint density at radius 3 is 2.31 bits per heavy atom. The summed E-state index contributed by atoms with van der Waals surface area (Å²) in [6, 6.07) is 11.1. The van der Waals surface area contributed by atoms with E-state index in [1.165, 1.54) is 11.8 Å². The molecule has 3 aromatic rings. The van der Waals surface area contributed by atoms with Crippen LogP contribution in [0, 0.1) is 13.8 Å². The Morgan fingerprint density at radius 1 is 1.07 bits per heavy atom. The summed E-state index contributed by atoms with van der Waals surface area (Å²) in [6.45, 7) is 10.0. The number of hydrogen-bond donors (Lipinski definition) is 1. The second-order valence-corrected chi connectivity index (χ2v) is 10.4. The summed E-state index contributed by atoms with van der Waals surface area (Å²) in [4.78, 5) is 0.324. The van der Waals surface area contributed by atoms with E-state index in [1.807, 2.05) is 42.9 Å². The van der Waals surface area contributed by atoms with Gasteiger partial charge in [-0.3, -0.25) is 9.29 Å². The summed E-state index contributed by atoms with van der Waals surface area (Å²) in [5.41, 5.74) is 3.82. The zero-order valence-electron chi connectivity index (χ0n) is 17.5. The van der Waals surface area contributed by atoms with Gasteiger partial charge in [0.15, 0.2) is 5.16 Å². The number of benzene rings is 2. The first-order valence-electron chi connectivity index (χ1n) is 9.22. The van der Waals surface area contributed by atoms with Crippen molar-refractivity contribution in [3.63, 3.8) is 0 Å². The molecule has 3 rings (SSSR count). The predicted molar refractivity (Wildman–Crippen MR) is 119 cm³/mol. The van der Waals surface area contributed by atoms with Crippen LogP contribution < -0.4 is 4.72 Å². The van der Waals surface area contributed by atoms with Crippen molar-refractivity contribution < 1.29 is 8.42 Å². The van der Waals surface area contributed by atoms with Gasteiger partial charge < -0.3 is 0 Å². The van der Waals surface area contributed by atoms with Gasteiger partial charge in [0.2, 0.25) is 0 Å². The Bertz CT molecular complexity index is 1120. The van der Waals surface area contributed by atoms with Crippen molar-refractivity contribution in [1.29, 1.82) is 0 Å². The smallest absolute Gasteiger partial charge is 0.262 e. The number of nitrogens with one attached hydrogen (secondary N) is 1. The lowest BCUT2D eigenvalue weighted by molar-refractivity contribution is 0.585. The number of nitrogens with zero attached hydrogens (tertiary/aromatic N) is 3. The van der Waals surface area contributed by atoms with Gasteiger partial charge in [-0.25, -0.2) is 8.42 Å². The van der Waals surface area contributed by atoms with Crippen molar-refractivity contribution in [2.45, 2.75) is 50.1 Å². The Hall–Kier alpha value is -2.32. The molecule has 0 unspecified atom stereocenters. The highest BCUT2D eigenvalue weighted by molar-refractivity contribution is 7.98. The van der Waals surface area contributed by atoms with E-state index in [0.29, 0.717) is 10.6 Å². The fourth-order valence-corrected chi connectivity index (χ4v) is 5.26. The van der Waals surface area contributed by atoms with Crippen LogP contribution in [-0.2, 0) is 15.4 Å². The van der Waals surface area contributed by atoms with E-state index in [2.05, 4.69) is 35.7 Å². The van der Waals surface area contributed by atoms with Crippen molar-refractivity contribution in [3.05, 3.63) is 59.4 Å². The highest BCUT2D eigenvalue weighted by Gasteiger charge is 2.23. The third-order valence-electron chi connectivity index (χ3n) is 4.67. The Kier molecular flexibility index (Phi) is 5.78. The van der Waals surface area contributed by atoms with Gasteiger partial charge in [-0.05, 0) is 60.4 Å². The molecule has 0 bridgehead atoms. The summed E-state index contributed by atoms with van der Waals surface area (Å²) in [5.74, 6) is 0. The zero-order valence-corrected chi connectivity index (χ0v) is 19.1. The topological polar surface area (TPSA) is 76.9 Å². The van der Waals surface area contributed by atoms with Crippen LogP contribution in [0.1, 0.15) is 37.5 Å². The molecule has 1 N–H and O–H groups in total. The van der Waals surface area contributed by atoms with Crippen molar-refractivity contribution in [3.8, 4) is 5.69 Å². The van der Waals surface area contributed by atoms with Crippen molar-refractivity contribution >= 4 is 27.5 Å². The fourth-order valence-electron chi connectivity index (χ4n) is 3.27. The van der Waals surface area contributed by atoms with Crippen LogP contribution in [0.25, 0.3) is 5.69 Å². The van der Waals surface area contributed by atoms with Gasteiger partial charge in [-0.1, -0.05) is 50.7 Å². The standard InChI is InChI=1S/C21H26N4O2S2/c1-14-10-16(21(3,4)5)11-15(2)19(14)29(26,27)24-17-8-7-9-18(12-17)25-13-22-23-20(25)28-6/h7-13,24H,1-6H3. The average molecular weight is 431 g/mol. The molecular weight excluding hydrogens is 404 g/mol. The van der Waals surface area contributed by atoms with Gasteiger partial charge in [0, 0.05) is 0 Å². The summed E-state index contributed by atoms with van der Waals surface area (Å²) in [7, 11) is -3.73. The van der Waals surface area contributed by atoms with Crippen LogP contribution in [0.15, 0.2) is 52.8 Å². The first-order valence-corrected chi connectivity index (χ1v) is 11.9. The number of anilines is 1. The number of rotatable bonds is 5.